The molecule has 1 rings (SSSR count). The van der Waals surface area contributed by atoms with Crippen LogP contribution < -0.4 is 5.73 Å². The van der Waals surface area contributed by atoms with Gasteiger partial charge < -0.3 is 15.6 Å². The van der Waals surface area contributed by atoms with E-state index in [0.29, 0.717) is 19.7 Å². The molecule has 1 amide bonds. The van der Waals surface area contributed by atoms with Gasteiger partial charge in [-0.1, -0.05) is 0 Å². The summed E-state index contributed by atoms with van der Waals surface area (Å²) in [5.41, 5.74) is 4.39. The highest BCUT2D eigenvalue weighted by Crippen LogP contribution is 2.10. The first-order valence-electron chi connectivity index (χ1n) is 4.74. The van der Waals surface area contributed by atoms with E-state index in [9.17, 15) is 9.90 Å². The fourth-order valence-corrected chi connectivity index (χ4v) is 1.57. The SMILES string of the molecule is CC(C)(O)CN1CCOC(C(N)=O)C1. The molecular formula is C9H18N2O3. The van der Waals surface area contributed by atoms with Crippen molar-refractivity contribution in [3.8, 4) is 0 Å². The molecule has 14 heavy (non-hydrogen) atoms. The summed E-state index contributed by atoms with van der Waals surface area (Å²) >= 11 is 0. The van der Waals surface area contributed by atoms with E-state index in [1.54, 1.807) is 13.8 Å². The van der Waals surface area contributed by atoms with Crippen LogP contribution in [-0.4, -0.2) is 53.9 Å². The molecule has 1 aliphatic rings. The minimum Gasteiger partial charge on any atom is -0.389 e. The normalized spacial score (nSPS) is 24.9. The van der Waals surface area contributed by atoms with Crippen molar-refractivity contribution in [2.24, 2.45) is 5.73 Å². The van der Waals surface area contributed by atoms with Crippen LogP contribution in [0, 0.1) is 0 Å². The largest absolute Gasteiger partial charge is 0.389 e. The molecule has 1 unspecified atom stereocenters. The lowest BCUT2D eigenvalue weighted by Gasteiger charge is -2.34. The first-order chi connectivity index (χ1) is 6.38. The molecule has 0 aliphatic carbocycles. The van der Waals surface area contributed by atoms with Gasteiger partial charge in [-0.15, -0.1) is 0 Å². The summed E-state index contributed by atoms with van der Waals surface area (Å²) in [5.74, 6) is -0.439. The standard InChI is InChI=1S/C9H18N2O3/c1-9(2,13)6-11-3-4-14-7(5-11)8(10)12/h7,13H,3-6H2,1-2H3,(H2,10,12). The summed E-state index contributed by atoms with van der Waals surface area (Å²) in [4.78, 5) is 12.9. The van der Waals surface area contributed by atoms with Crippen molar-refractivity contribution in [3.63, 3.8) is 0 Å². The number of β-amino-alcohol motifs (C(OH)–C–C–N with tert-alkyl or cyclic N) is 1. The average Bonchev–Trinajstić information content (AvgIpc) is 2.01. The Kier molecular flexibility index (Phi) is 3.47. The highest BCUT2D eigenvalue weighted by molar-refractivity contribution is 5.79. The Hall–Kier alpha value is -0.650. The topological polar surface area (TPSA) is 75.8 Å². The quantitative estimate of drug-likeness (QED) is 0.612. The Morgan fingerprint density at radius 2 is 2.36 bits per heavy atom. The lowest BCUT2D eigenvalue weighted by atomic mass is 10.1. The van der Waals surface area contributed by atoms with E-state index in [1.165, 1.54) is 0 Å². The second-order valence-electron chi connectivity index (χ2n) is 4.31. The maximum absolute atomic E-state index is 10.9. The molecule has 3 N–H and O–H groups in total. The van der Waals surface area contributed by atoms with Crippen LogP contribution in [-0.2, 0) is 9.53 Å². The maximum atomic E-state index is 10.9. The van der Waals surface area contributed by atoms with Gasteiger partial charge in [0.25, 0.3) is 0 Å². The predicted octanol–water partition coefficient (Wildman–Crippen LogP) is -1.06. The smallest absolute Gasteiger partial charge is 0.247 e. The molecule has 5 nitrogen and oxygen atoms in total. The predicted molar refractivity (Wildman–Crippen MR) is 51.7 cm³/mol. The van der Waals surface area contributed by atoms with E-state index in [0.717, 1.165) is 6.54 Å². The van der Waals surface area contributed by atoms with Gasteiger partial charge >= 0.3 is 0 Å². The van der Waals surface area contributed by atoms with Gasteiger partial charge in [-0.25, -0.2) is 0 Å². The van der Waals surface area contributed by atoms with E-state index in [4.69, 9.17) is 10.5 Å². The number of nitrogens with two attached hydrogens (primary N) is 1. The van der Waals surface area contributed by atoms with Crippen LogP contribution in [0.15, 0.2) is 0 Å². The van der Waals surface area contributed by atoms with Crippen LogP contribution >= 0.6 is 0 Å². The minimum atomic E-state index is -0.750. The van der Waals surface area contributed by atoms with Gasteiger partial charge in [0.05, 0.1) is 12.2 Å². The number of morpholine rings is 1. The number of aliphatic hydroxyl groups is 1. The highest BCUT2D eigenvalue weighted by atomic mass is 16.5. The van der Waals surface area contributed by atoms with Crippen LogP contribution in [0.4, 0.5) is 0 Å². The van der Waals surface area contributed by atoms with Gasteiger partial charge in [0.2, 0.25) is 5.91 Å². The van der Waals surface area contributed by atoms with Crippen LogP contribution in [0.1, 0.15) is 13.8 Å². The molecule has 0 aromatic rings. The fraction of sp³-hybridized carbons (Fsp3) is 0.889. The Morgan fingerprint density at radius 3 is 2.86 bits per heavy atom. The number of hydrogen-bond donors (Lipinski definition) is 2. The number of carbonyl (C=O) groups excluding carboxylic acids is 1. The summed E-state index contributed by atoms with van der Waals surface area (Å²) in [6, 6.07) is 0. The molecule has 0 saturated carbocycles. The second-order valence-corrected chi connectivity index (χ2v) is 4.31. The van der Waals surface area contributed by atoms with Crippen molar-refractivity contribution in [2.75, 3.05) is 26.2 Å². The number of carbonyl (C=O) groups is 1. The van der Waals surface area contributed by atoms with Crippen LogP contribution in [0.25, 0.3) is 0 Å². The summed E-state index contributed by atoms with van der Waals surface area (Å²) in [5, 5.41) is 9.60. The van der Waals surface area contributed by atoms with Gasteiger partial charge in [-0.3, -0.25) is 9.69 Å². The molecule has 1 saturated heterocycles. The van der Waals surface area contributed by atoms with Crippen molar-refractivity contribution in [1.29, 1.82) is 0 Å². The zero-order valence-corrected chi connectivity index (χ0v) is 8.69. The highest BCUT2D eigenvalue weighted by Gasteiger charge is 2.27. The molecule has 5 heteroatoms. The zero-order chi connectivity index (χ0) is 10.8. The van der Waals surface area contributed by atoms with Crippen molar-refractivity contribution < 1.29 is 14.6 Å². The third-order valence-electron chi connectivity index (χ3n) is 2.08. The summed E-state index contributed by atoms with van der Waals surface area (Å²) < 4.78 is 5.19. The molecule has 82 valence electrons. The Bertz CT molecular complexity index is 213. The average molecular weight is 202 g/mol. The van der Waals surface area contributed by atoms with Gasteiger partial charge in [0, 0.05) is 19.6 Å². The minimum absolute atomic E-state index is 0.439. The third-order valence-corrected chi connectivity index (χ3v) is 2.08. The van der Waals surface area contributed by atoms with E-state index >= 15 is 0 Å². The molecule has 1 atom stereocenters. The fourth-order valence-electron chi connectivity index (χ4n) is 1.57. The first kappa shape index (κ1) is 11.4. The van der Waals surface area contributed by atoms with Crippen molar-refractivity contribution in [1.82, 2.24) is 4.90 Å². The lowest BCUT2D eigenvalue weighted by molar-refractivity contribution is -0.136. The van der Waals surface area contributed by atoms with Gasteiger partial charge in [0.1, 0.15) is 6.10 Å². The van der Waals surface area contributed by atoms with E-state index in [-0.39, 0.29) is 0 Å². The molecule has 0 aromatic carbocycles. The second kappa shape index (κ2) is 4.25. The van der Waals surface area contributed by atoms with Crippen molar-refractivity contribution in [3.05, 3.63) is 0 Å². The van der Waals surface area contributed by atoms with E-state index in [1.807, 2.05) is 4.90 Å². The molecule has 1 heterocycles. The molecule has 1 fully saturated rings. The Balaban J connectivity index is 2.44. The van der Waals surface area contributed by atoms with Crippen LogP contribution in [0.2, 0.25) is 0 Å². The van der Waals surface area contributed by atoms with Crippen LogP contribution in [0.3, 0.4) is 0 Å². The van der Waals surface area contributed by atoms with Crippen LogP contribution in [0.5, 0.6) is 0 Å². The molecule has 0 aromatic heterocycles. The van der Waals surface area contributed by atoms with Crippen molar-refractivity contribution >= 4 is 5.91 Å². The summed E-state index contributed by atoms with van der Waals surface area (Å²) in [6.07, 6.45) is -0.536. The van der Waals surface area contributed by atoms with Gasteiger partial charge in [-0.05, 0) is 13.8 Å². The first-order valence-corrected chi connectivity index (χ1v) is 4.74. The lowest BCUT2D eigenvalue weighted by Crippen LogP contribution is -2.51. The number of hydrogen-bond acceptors (Lipinski definition) is 4. The molecular weight excluding hydrogens is 184 g/mol. The number of rotatable bonds is 3. The number of amides is 1. The maximum Gasteiger partial charge on any atom is 0.247 e. The van der Waals surface area contributed by atoms with E-state index in [2.05, 4.69) is 0 Å². The van der Waals surface area contributed by atoms with Gasteiger partial charge in [-0.2, -0.15) is 0 Å². The molecule has 0 radical (unpaired) electrons. The number of nitrogens with zero attached hydrogens (tertiary/aromatic N) is 1. The monoisotopic (exact) mass is 202 g/mol. The zero-order valence-electron chi connectivity index (χ0n) is 8.69. The number of ether oxygens (including phenoxy) is 1. The molecule has 0 bridgehead atoms. The number of primary amides is 1. The summed E-state index contributed by atoms with van der Waals surface area (Å²) in [6.45, 7) is 5.69. The van der Waals surface area contributed by atoms with E-state index < -0.39 is 17.6 Å². The third kappa shape index (κ3) is 3.61. The van der Waals surface area contributed by atoms with Gasteiger partial charge in [0.15, 0.2) is 0 Å². The molecule has 0 spiro atoms. The molecule has 1 aliphatic heterocycles. The summed E-state index contributed by atoms with van der Waals surface area (Å²) in [7, 11) is 0. The van der Waals surface area contributed by atoms with Crippen molar-refractivity contribution in [2.45, 2.75) is 25.6 Å². The Morgan fingerprint density at radius 1 is 1.71 bits per heavy atom. The Labute approximate surface area is 83.8 Å².